The summed E-state index contributed by atoms with van der Waals surface area (Å²) >= 11 is 0. The smallest absolute Gasteiger partial charge is 0.00990 e. The van der Waals surface area contributed by atoms with Crippen molar-refractivity contribution in [3.8, 4) is 0 Å². The Labute approximate surface area is 177 Å². The minimum Gasteiger partial charge on any atom is -0.0905 e. The fraction of sp³-hybridized carbons (Fsp3) is 0. The van der Waals surface area contributed by atoms with E-state index in [4.69, 9.17) is 0 Å². The molecule has 0 aromatic heterocycles. The van der Waals surface area contributed by atoms with Crippen molar-refractivity contribution in [1.29, 1.82) is 0 Å². The maximum absolute atomic E-state index is 4.40. The number of fused-ring (bicyclic) bond motifs is 2. The first-order valence-electron chi connectivity index (χ1n) is 10.2. The van der Waals surface area contributed by atoms with Gasteiger partial charge in [-0.25, -0.2) is 0 Å². The van der Waals surface area contributed by atoms with E-state index in [2.05, 4.69) is 110 Å². The molecule has 0 amide bonds. The van der Waals surface area contributed by atoms with Gasteiger partial charge in [-0.05, 0) is 67.1 Å². The minimum atomic E-state index is 1.05. The van der Waals surface area contributed by atoms with Crippen molar-refractivity contribution in [2.75, 3.05) is 0 Å². The number of hydrogen-bond acceptors (Lipinski definition) is 0. The Kier molecular flexibility index (Phi) is 4.53. The average molecular weight is 383 g/mol. The lowest BCUT2D eigenvalue weighted by Gasteiger charge is -2.14. The van der Waals surface area contributed by atoms with Gasteiger partial charge in [-0.3, -0.25) is 0 Å². The van der Waals surface area contributed by atoms with Crippen LogP contribution in [0.5, 0.6) is 0 Å². The van der Waals surface area contributed by atoms with Crippen LogP contribution in [0, 0.1) is 0 Å². The van der Waals surface area contributed by atoms with E-state index in [0.717, 1.165) is 22.3 Å². The molecule has 0 unspecified atom stereocenters. The van der Waals surface area contributed by atoms with Crippen LogP contribution in [-0.4, -0.2) is 0 Å². The van der Waals surface area contributed by atoms with E-state index in [9.17, 15) is 0 Å². The van der Waals surface area contributed by atoms with Crippen molar-refractivity contribution >= 4 is 32.7 Å². The normalized spacial score (nSPS) is 10.9. The van der Waals surface area contributed by atoms with Crippen molar-refractivity contribution in [3.05, 3.63) is 145 Å². The molecule has 0 heterocycles. The van der Waals surface area contributed by atoms with Gasteiger partial charge in [-0.15, -0.1) is 0 Å². The average Bonchev–Trinajstić information content (AvgIpc) is 2.82. The summed E-state index contributed by atoms with van der Waals surface area (Å²) in [5, 5.41) is 4.87. The SMILES string of the molecule is C=C(c1ccccc1)c1cccc2cc3c(C(=C)c4ccccc4)cccc3cc12. The van der Waals surface area contributed by atoms with Crippen LogP contribution < -0.4 is 0 Å². The molecule has 5 aromatic rings. The number of hydrogen-bond donors (Lipinski definition) is 0. The zero-order valence-corrected chi connectivity index (χ0v) is 16.8. The molecule has 0 atom stereocenters. The number of benzene rings is 5. The van der Waals surface area contributed by atoms with Gasteiger partial charge in [0.2, 0.25) is 0 Å². The summed E-state index contributed by atoms with van der Waals surface area (Å²) in [6, 6.07) is 38.3. The van der Waals surface area contributed by atoms with Crippen LogP contribution in [0.4, 0.5) is 0 Å². The van der Waals surface area contributed by atoms with E-state index in [-0.39, 0.29) is 0 Å². The molecular formula is C30H22. The van der Waals surface area contributed by atoms with Gasteiger partial charge in [0.1, 0.15) is 0 Å². The van der Waals surface area contributed by atoms with Gasteiger partial charge in [-0.1, -0.05) is 110 Å². The Balaban J connectivity index is 1.70. The molecule has 0 saturated carbocycles. The summed E-state index contributed by atoms with van der Waals surface area (Å²) in [6.45, 7) is 8.79. The highest BCUT2D eigenvalue weighted by Gasteiger charge is 2.11. The van der Waals surface area contributed by atoms with E-state index in [1.54, 1.807) is 0 Å². The fourth-order valence-electron chi connectivity index (χ4n) is 4.17. The zero-order valence-electron chi connectivity index (χ0n) is 16.8. The Morgan fingerprint density at radius 2 is 0.833 bits per heavy atom. The first kappa shape index (κ1) is 18.1. The summed E-state index contributed by atoms with van der Waals surface area (Å²) < 4.78 is 0. The van der Waals surface area contributed by atoms with Crippen LogP contribution >= 0.6 is 0 Å². The van der Waals surface area contributed by atoms with E-state index in [0.29, 0.717) is 0 Å². The molecule has 0 saturated heterocycles. The lowest BCUT2D eigenvalue weighted by Crippen LogP contribution is -1.91. The lowest BCUT2D eigenvalue weighted by atomic mass is 9.90. The molecule has 0 radical (unpaired) electrons. The Morgan fingerprint density at radius 3 is 1.23 bits per heavy atom. The Morgan fingerprint density at radius 1 is 0.433 bits per heavy atom. The summed E-state index contributed by atoms with van der Waals surface area (Å²) in [5.74, 6) is 0. The van der Waals surface area contributed by atoms with E-state index >= 15 is 0 Å². The molecule has 142 valence electrons. The molecule has 0 nitrogen and oxygen atoms in total. The molecule has 5 aromatic carbocycles. The van der Waals surface area contributed by atoms with Crippen molar-refractivity contribution < 1.29 is 0 Å². The van der Waals surface area contributed by atoms with Crippen LogP contribution in [-0.2, 0) is 0 Å². The second kappa shape index (κ2) is 7.50. The second-order valence-electron chi connectivity index (χ2n) is 7.59. The second-order valence-corrected chi connectivity index (χ2v) is 7.59. The van der Waals surface area contributed by atoms with Crippen LogP contribution in [0.15, 0.2) is 122 Å². The number of rotatable bonds is 4. The first-order chi connectivity index (χ1) is 14.7. The highest BCUT2D eigenvalue weighted by Crippen LogP contribution is 2.35. The maximum atomic E-state index is 4.40. The van der Waals surface area contributed by atoms with Crippen molar-refractivity contribution in [1.82, 2.24) is 0 Å². The summed E-state index contributed by atoms with van der Waals surface area (Å²) in [7, 11) is 0. The standard InChI is InChI=1S/C30H22/c1-21(23-11-5-3-6-12-23)27-17-9-15-25-20-30-26(19-29(25)27)16-10-18-28(30)22(2)24-13-7-4-8-14-24/h3-20H,1-2H2. The molecule has 0 aliphatic heterocycles. The minimum absolute atomic E-state index is 1.05. The molecule has 0 aliphatic carbocycles. The molecule has 0 spiro atoms. The third kappa shape index (κ3) is 3.13. The molecule has 0 N–H and O–H groups in total. The third-order valence-corrected chi connectivity index (χ3v) is 5.77. The lowest BCUT2D eigenvalue weighted by molar-refractivity contribution is 1.58. The Hall–Kier alpha value is -3.90. The quantitative estimate of drug-likeness (QED) is 0.275. The monoisotopic (exact) mass is 382 g/mol. The molecule has 0 fully saturated rings. The zero-order chi connectivity index (χ0) is 20.5. The van der Waals surface area contributed by atoms with E-state index in [1.165, 1.54) is 32.7 Å². The third-order valence-electron chi connectivity index (χ3n) is 5.77. The first-order valence-corrected chi connectivity index (χ1v) is 10.2. The molecule has 30 heavy (non-hydrogen) atoms. The molecule has 0 aliphatic rings. The van der Waals surface area contributed by atoms with Crippen LogP contribution in [0.1, 0.15) is 22.3 Å². The molecular weight excluding hydrogens is 360 g/mol. The predicted octanol–water partition coefficient (Wildman–Crippen LogP) is 8.12. The highest BCUT2D eigenvalue weighted by atomic mass is 14.1. The van der Waals surface area contributed by atoms with Crippen LogP contribution in [0.3, 0.4) is 0 Å². The highest BCUT2D eigenvalue weighted by molar-refractivity contribution is 6.08. The fourth-order valence-corrected chi connectivity index (χ4v) is 4.17. The van der Waals surface area contributed by atoms with Crippen LogP contribution in [0.2, 0.25) is 0 Å². The predicted molar refractivity (Wildman–Crippen MR) is 131 cm³/mol. The van der Waals surface area contributed by atoms with Crippen molar-refractivity contribution in [2.24, 2.45) is 0 Å². The van der Waals surface area contributed by atoms with Crippen LogP contribution in [0.25, 0.3) is 32.7 Å². The van der Waals surface area contributed by atoms with Crippen molar-refractivity contribution in [2.45, 2.75) is 0 Å². The molecule has 5 rings (SSSR count). The summed E-state index contributed by atoms with van der Waals surface area (Å²) in [5.41, 5.74) is 6.74. The molecule has 0 bridgehead atoms. The van der Waals surface area contributed by atoms with Gasteiger partial charge < -0.3 is 0 Å². The Bertz CT molecular complexity index is 1280. The van der Waals surface area contributed by atoms with Gasteiger partial charge >= 0.3 is 0 Å². The largest absolute Gasteiger partial charge is 0.0905 e. The summed E-state index contributed by atoms with van der Waals surface area (Å²) in [6.07, 6.45) is 0. The van der Waals surface area contributed by atoms with Gasteiger partial charge in [-0.2, -0.15) is 0 Å². The van der Waals surface area contributed by atoms with E-state index in [1.807, 2.05) is 12.1 Å². The van der Waals surface area contributed by atoms with Gasteiger partial charge in [0.25, 0.3) is 0 Å². The summed E-state index contributed by atoms with van der Waals surface area (Å²) in [4.78, 5) is 0. The van der Waals surface area contributed by atoms with Crippen molar-refractivity contribution in [3.63, 3.8) is 0 Å². The van der Waals surface area contributed by atoms with Gasteiger partial charge in [0.15, 0.2) is 0 Å². The van der Waals surface area contributed by atoms with Gasteiger partial charge in [0.05, 0.1) is 0 Å². The maximum Gasteiger partial charge on any atom is -0.00990 e. The topological polar surface area (TPSA) is 0 Å². The molecule has 0 heteroatoms. The van der Waals surface area contributed by atoms with Gasteiger partial charge in [0, 0.05) is 0 Å². The van der Waals surface area contributed by atoms with E-state index < -0.39 is 0 Å².